The smallest absolute Gasteiger partial charge is 0.245 e. The van der Waals surface area contributed by atoms with Crippen molar-refractivity contribution in [2.45, 2.75) is 18.9 Å². The van der Waals surface area contributed by atoms with E-state index >= 15 is 0 Å². The first-order chi connectivity index (χ1) is 9.74. The van der Waals surface area contributed by atoms with Gasteiger partial charge in [-0.3, -0.25) is 9.59 Å². The molecule has 1 N–H and O–H groups in total. The Morgan fingerprint density at radius 1 is 1.45 bits per heavy atom. The Morgan fingerprint density at radius 2 is 2.20 bits per heavy atom. The zero-order valence-electron chi connectivity index (χ0n) is 10.9. The molecule has 0 spiro atoms. The Kier molecular flexibility index (Phi) is 3.28. The zero-order chi connectivity index (χ0) is 14.1. The van der Waals surface area contributed by atoms with Gasteiger partial charge in [-0.25, -0.2) is 0 Å². The minimum atomic E-state index is -0.626. The molecule has 5 nitrogen and oxygen atoms in total. The van der Waals surface area contributed by atoms with Crippen molar-refractivity contribution in [3.05, 3.63) is 36.2 Å². The summed E-state index contributed by atoms with van der Waals surface area (Å²) in [6.45, 7) is -0.103. The lowest BCUT2D eigenvalue weighted by atomic mass is 10.1. The van der Waals surface area contributed by atoms with Gasteiger partial charge in [-0.2, -0.15) is 4.73 Å². The molecule has 3 rings (SSSR count). The summed E-state index contributed by atoms with van der Waals surface area (Å²) >= 11 is 0. The maximum Gasteiger partial charge on any atom is 0.245 e. The molecule has 0 amide bonds. The number of carbonyl (C=O) groups is 2. The number of carbonyl (C=O) groups excluding carboxylic acids is 2. The van der Waals surface area contributed by atoms with Crippen molar-refractivity contribution in [2.75, 3.05) is 6.61 Å². The molecule has 0 saturated heterocycles. The van der Waals surface area contributed by atoms with Crippen LogP contribution < -0.4 is 4.84 Å². The summed E-state index contributed by atoms with van der Waals surface area (Å²) in [4.78, 5) is 28.4. The fourth-order valence-corrected chi connectivity index (χ4v) is 2.40. The van der Waals surface area contributed by atoms with Crippen LogP contribution in [0.4, 0.5) is 0 Å². The average Bonchev–Trinajstić information content (AvgIpc) is 3.25. The number of aldehydes is 1. The molecule has 1 aromatic heterocycles. The molecular formula is C15H15NO4. The number of nitrogens with zero attached hydrogens (tertiary/aromatic N) is 1. The van der Waals surface area contributed by atoms with E-state index in [0.29, 0.717) is 11.3 Å². The van der Waals surface area contributed by atoms with Crippen LogP contribution >= 0.6 is 0 Å². The third-order valence-electron chi connectivity index (χ3n) is 3.61. The molecule has 2 aromatic rings. The number of aliphatic hydroxyl groups excluding tert-OH is 1. The number of hydrogen-bond acceptors (Lipinski definition) is 4. The van der Waals surface area contributed by atoms with Crippen LogP contribution in [0.25, 0.3) is 10.8 Å². The SMILES string of the molecule is O=CC(=O)c1c2ccccc2cn1OC(CO)C1CC1. The Bertz CT molecular complexity index is 657. The molecule has 0 radical (unpaired) electrons. The van der Waals surface area contributed by atoms with Crippen molar-refractivity contribution in [1.29, 1.82) is 0 Å². The van der Waals surface area contributed by atoms with E-state index < -0.39 is 5.78 Å². The van der Waals surface area contributed by atoms with E-state index in [1.807, 2.05) is 12.1 Å². The van der Waals surface area contributed by atoms with Gasteiger partial charge >= 0.3 is 0 Å². The molecule has 104 valence electrons. The largest absolute Gasteiger partial charge is 0.408 e. The summed E-state index contributed by atoms with van der Waals surface area (Å²) in [6.07, 6.45) is 3.66. The maximum absolute atomic E-state index is 11.8. The average molecular weight is 273 g/mol. The van der Waals surface area contributed by atoms with Gasteiger partial charge in [-0.05, 0) is 12.8 Å². The second-order valence-electron chi connectivity index (χ2n) is 5.04. The van der Waals surface area contributed by atoms with Gasteiger partial charge < -0.3 is 9.94 Å². The van der Waals surface area contributed by atoms with E-state index in [1.165, 1.54) is 4.73 Å². The topological polar surface area (TPSA) is 68.5 Å². The van der Waals surface area contributed by atoms with E-state index in [4.69, 9.17) is 4.84 Å². The molecular weight excluding hydrogens is 258 g/mol. The minimum Gasteiger partial charge on any atom is -0.408 e. The predicted molar refractivity (Wildman–Crippen MR) is 72.5 cm³/mol. The van der Waals surface area contributed by atoms with Crippen molar-refractivity contribution >= 4 is 22.8 Å². The number of hydrogen-bond donors (Lipinski definition) is 1. The van der Waals surface area contributed by atoms with E-state index in [9.17, 15) is 14.7 Å². The lowest BCUT2D eigenvalue weighted by Gasteiger charge is -2.17. The van der Waals surface area contributed by atoms with Crippen LogP contribution in [0, 0.1) is 5.92 Å². The lowest BCUT2D eigenvalue weighted by molar-refractivity contribution is -0.104. The van der Waals surface area contributed by atoms with Crippen molar-refractivity contribution < 1.29 is 19.5 Å². The molecule has 1 atom stereocenters. The maximum atomic E-state index is 11.8. The first kappa shape index (κ1) is 12.9. The van der Waals surface area contributed by atoms with E-state index in [2.05, 4.69) is 0 Å². The minimum absolute atomic E-state index is 0.103. The van der Waals surface area contributed by atoms with Crippen molar-refractivity contribution in [1.82, 2.24) is 4.73 Å². The summed E-state index contributed by atoms with van der Waals surface area (Å²) in [7, 11) is 0. The van der Waals surface area contributed by atoms with Crippen LogP contribution in [-0.2, 0) is 4.79 Å². The Balaban J connectivity index is 2.04. The molecule has 5 heteroatoms. The van der Waals surface area contributed by atoms with Gasteiger partial charge in [0.05, 0.1) is 12.8 Å². The van der Waals surface area contributed by atoms with Crippen LogP contribution in [-0.4, -0.2) is 34.6 Å². The van der Waals surface area contributed by atoms with Gasteiger partial charge in [0.2, 0.25) is 5.78 Å². The van der Waals surface area contributed by atoms with Crippen molar-refractivity contribution in [3.63, 3.8) is 0 Å². The zero-order valence-corrected chi connectivity index (χ0v) is 10.9. The van der Waals surface area contributed by atoms with E-state index in [0.717, 1.165) is 18.2 Å². The van der Waals surface area contributed by atoms with Crippen LogP contribution in [0.1, 0.15) is 23.3 Å². The number of ketones is 1. The van der Waals surface area contributed by atoms with Gasteiger partial charge in [0, 0.05) is 16.7 Å². The lowest BCUT2D eigenvalue weighted by Crippen LogP contribution is -2.32. The summed E-state index contributed by atoms with van der Waals surface area (Å²) in [5.41, 5.74) is 0.217. The predicted octanol–water partition coefficient (Wildman–Crippen LogP) is 1.22. The molecule has 0 bridgehead atoms. The number of benzene rings is 1. The Morgan fingerprint density at radius 3 is 2.85 bits per heavy atom. The van der Waals surface area contributed by atoms with Crippen LogP contribution in [0.3, 0.4) is 0 Å². The number of Topliss-reactive ketones (excluding diaryl/α,β-unsaturated/α-hetero) is 1. The first-order valence-electron chi connectivity index (χ1n) is 6.62. The molecule has 1 aliphatic carbocycles. The highest BCUT2D eigenvalue weighted by molar-refractivity contribution is 6.35. The van der Waals surface area contributed by atoms with E-state index in [-0.39, 0.29) is 24.7 Å². The summed E-state index contributed by atoms with van der Waals surface area (Å²) in [5, 5.41) is 10.9. The second-order valence-corrected chi connectivity index (χ2v) is 5.04. The van der Waals surface area contributed by atoms with Gasteiger partial charge in [0.15, 0.2) is 12.4 Å². The third-order valence-corrected chi connectivity index (χ3v) is 3.61. The Labute approximate surface area is 115 Å². The normalized spacial score (nSPS) is 16.1. The Hall–Kier alpha value is -2.14. The number of aromatic nitrogens is 1. The van der Waals surface area contributed by atoms with Gasteiger partial charge in [0.25, 0.3) is 0 Å². The van der Waals surface area contributed by atoms with Crippen LogP contribution in [0.2, 0.25) is 0 Å². The van der Waals surface area contributed by atoms with Gasteiger partial charge in [0.1, 0.15) is 5.69 Å². The monoisotopic (exact) mass is 273 g/mol. The van der Waals surface area contributed by atoms with E-state index in [1.54, 1.807) is 18.3 Å². The molecule has 1 heterocycles. The second kappa shape index (κ2) is 5.09. The number of fused-ring (bicyclic) bond motifs is 1. The molecule has 1 unspecified atom stereocenters. The quantitative estimate of drug-likeness (QED) is 0.488. The number of rotatable bonds is 6. The first-order valence-corrected chi connectivity index (χ1v) is 6.62. The molecule has 1 aliphatic rings. The van der Waals surface area contributed by atoms with Crippen LogP contribution in [0.15, 0.2) is 30.5 Å². The fourth-order valence-electron chi connectivity index (χ4n) is 2.40. The van der Waals surface area contributed by atoms with Crippen molar-refractivity contribution in [3.8, 4) is 0 Å². The van der Waals surface area contributed by atoms with Gasteiger partial charge in [-0.15, -0.1) is 0 Å². The third kappa shape index (κ3) is 2.20. The summed E-state index contributed by atoms with van der Waals surface area (Å²) in [6, 6.07) is 7.28. The highest BCUT2D eigenvalue weighted by Crippen LogP contribution is 2.33. The molecule has 0 aliphatic heterocycles. The highest BCUT2D eigenvalue weighted by atomic mass is 16.7. The molecule has 1 aromatic carbocycles. The fraction of sp³-hybridized carbons (Fsp3) is 0.333. The molecule has 1 fully saturated rings. The standard InChI is InChI=1S/C15H15NO4/c17-8-13(19)15-12-4-2-1-3-11(12)7-16(15)20-14(9-18)10-5-6-10/h1-4,7-8,10,14,18H,5-6,9H2. The molecule has 1 saturated carbocycles. The summed E-state index contributed by atoms with van der Waals surface area (Å²) < 4.78 is 1.33. The van der Waals surface area contributed by atoms with Crippen LogP contribution in [0.5, 0.6) is 0 Å². The molecule has 20 heavy (non-hydrogen) atoms. The van der Waals surface area contributed by atoms with Crippen molar-refractivity contribution in [2.24, 2.45) is 5.92 Å². The highest BCUT2D eigenvalue weighted by Gasteiger charge is 2.33. The summed E-state index contributed by atoms with van der Waals surface area (Å²) in [5.74, 6) is -0.302. The van der Waals surface area contributed by atoms with Gasteiger partial charge in [-0.1, -0.05) is 24.3 Å². The number of aliphatic hydroxyl groups is 1.